The maximum atomic E-state index is 4.62. The van der Waals surface area contributed by atoms with Crippen LogP contribution in [0.3, 0.4) is 0 Å². The lowest BCUT2D eigenvalue weighted by molar-refractivity contribution is 0.367. The van der Waals surface area contributed by atoms with Gasteiger partial charge in [0.2, 0.25) is 0 Å². The molecule has 2 unspecified atom stereocenters. The van der Waals surface area contributed by atoms with Gasteiger partial charge in [0.05, 0.1) is 5.69 Å². The van der Waals surface area contributed by atoms with Crippen molar-refractivity contribution in [3.8, 4) is 0 Å². The Hall–Kier alpha value is -0.830. The van der Waals surface area contributed by atoms with Crippen molar-refractivity contribution < 1.29 is 0 Å². The summed E-state index contributed by atoms with van der Waals surface area (Å²) in [7, 11) is 2.09. The van der Waals surface area contributed by atoms with Gasteiger partial charge in [0.1, 0.15) is 0 Å². The summed E-state index contributed by atoms with van der Waals surface area (Å²) in [5.41, 5.74) is 3.86. The Labute approximate surface area is 105 Å². The van der Waals surface area contributed by atoms with Crippen molar-refractivity contribution >= 4 is 0 Å². The molecule has 0 spiro atoms. The Balaban J connectivity index is 1.95. The predicted molar refractivity (Wildman–Crippen MR) is 71.2 cm³/mol. The second-order valence-corrected chi connectivity index (χ2v) is 5.39. The Bertz CT molecular complexity index is 381. The topological polar surface area (TPSA) is 29.9 Å². The summed E-state index contributed by atoms with van der Waals surface area (Å²) >= 11 is 0. The molecular weight excluding hydrogens is 210 g/mol. The molecule has 0 amide bonds. The van der Waals surface area contributed by atoms with E-state index in [4.69, 9.17) is 0 Å². The predicted octanol–water partition coefficient (Wildman–Crippen LogP) is 2.59. The van der Waals surface area contributed by atoms with Crippen molar-refractivity contribution in [3.63, 3.8) is 0 Å². The van der Waals surface area contributed by atoms with Crippen LogP contribution >= 0.6 is 0 Å². The maximum Gasteiger partial charge on any atom is 0.0625 e. The van der Waals surface area contributed by atoms with E-state index < -0.39 is 0 Å². The first-order valence-electron chi connectivity index (χ1n) is 6.81. The third-order valence-corrected chi connectivity index (χ3v) is 4.48. The fraction of sp³-hybridized carbons (Fsp3) is 0.786. The van der Waals surface area contributed by atoms with Crippen molar-refractivity contribution in [1.29, 1.82) is 0 Å². The van der Waals surface area contributed by atoms with Crippen molar-refractivity contribution in [2.75, 3.05) is 7.05 Å². The monoisotopic (exact) mass is 235 g/mol. The standard InChI is InChI=1S/C14H25N3/c1-10-11(2)16-17(12(10)3)9-8-13-6-5-7-14(13)15-4/h13-15H,5-9H2,1-4H3. The third kappa shape index (κ3) is 2.54. The average Bonchev–Trinajstić information content (AvgIpc) is 2.87. The van der Waals surface area contributed by atoms with Crippen LogP contribution < -0.4 is 5.32 Å². The van der Waals surface area contributed by atoms with Crippen molar-refractivity contribution in [1.82, 2.24) is 15.1 Å². The van der Waals surface area contributed by atoms with E-state index in [9.17, 15) is 0 Å². The summed E-state index contributed by atoms with van der Waals surface area (Å²) in [5.74, 6) is 0.837. The van der Waals surface area contributed by atoms with Crippen LogP contribution in [0.25, 0.3) is 0 Å². The van der Waals surface area contributed by atoms with Crippen molar-refractivity contribution in [3.05, 3.63) is 17.0 Å². The summed E-state index contributed by atoms with van der Waals surface area (Å²) in [6, 6.07) is 0.730. The highest BCUT2D eigenvalue weighted by Crippen LogP contribution is 2.28. The van der Waals surface area contributed by atoms with Crippen LogP contribution in [0, 0.1) is 26.7 Å². The summed E-state index contributed by atoms with van der Waals surface area (Å²) in [6.07, 6.45) is 5.36. The van der Waals surface area contributed by atoms with Gasteiger partial charge in [-0.2, -0.15) is 5.10 Å². The molecule has 1 saturated carbocycles. The minimum atomic E-state index is 0.730. The number of hydrogen-bond donors (Lipinski definition) is 1. The molecule has 1 fully saturated rings. The molecule has 1 aliphatic carbocycles. The van der Waals surface area contributed by atoms with Crippen LogP contribution in [0.1, 0.15) is 42.6 Å². The van der Waals surface area contributed by atoms with Gasteiger partial charge in [-0.15, -0.1) is 0 Å². The number of nitrogens with zero attached hydrogens (tertiary/aromatic N) is 2. The zero-order valence-corrected chi connectivity index (χ0v) is 11.6. The molecule has 0 bridgehead atoms. The van der Waals surface area contributed by atoms with Crippen LogP contribution in [0.2, 0.25) is 0 Å². The van der Waals surface area contributed by atoms with E-state index in [1.54, 1.807) is 0 Å². The van der Waals surface area contributed by atoms with E-state index in [1.165, 1.54) is 42.6 Å². The smallest absolute Gasteiger partial charge is 0.0625 e. The Morgan fingerprint density at radius 2 is 2.06 bits per heavy atom. The molecule has 3 heteroatoms. The van der Waals surface area contributed by atoms with Gasteiger partial charge in [0, 0.05) is 18.3 Å². The summed E-state index contributed by atoms with van der Waals surface area (Å²) in [6.45, 7) is 7.52. The molecule has 2 rings (SSSR count). The number of nitrogens with one attached hydrogen (secondary N) is 1. The largest absolute Gasteiger partial charge is 0.317 e. The Kier molecular flexibility index (Phi) is 3.87. The van der Waals surface area contributed by atoms with E-state index >= 15 is 0 Å². The van der Waals surface area contributed by atoms with Crippen LogP contribution in [-0.2, 0) is 6.54 Å². The first-order valence-corrected chi connectivity index (χ1v) is 6.81. The first-order chi connectivity index (χ1) is 8.13. The lowest BCUT2D eigenvalue weighted by atomic mass is 10.00. The highest BCUT2D eigenvalue weighted by atomic mass is 15.3. The third-order valence-electron chi connectivity index (χ3n) is 4.48. The number of aryl methyl sites for hydroxylation is 2. The molecule has 96 valence electrons. The molecule has 2 atom stereocenters. The van der Waals surface area contributed by atoms with Gasteiger partial charge in [-0.05, 0) is 58.6 Å². The summed E-state index contributed by atoms with van der Waals surface area (Å²) in [5, 5.41) is 8.07. The van der Waals surface area contributed by atoms with Gasteiger partial charge in [-0.1, -0.05) is 6.42 Å². The minimum absolute atomic E-state index is 0.730. The fourth-order valence-corrected chi connectivity index (χ4v) is 3.05. The number of rotatable bonds is 4. The highest BCUT2D eigenvalue weighted by Gasteiger charge is 2.25. The van der Waals surface area contributed by atoms with E-state index in [0.29, 0.717) is 0 Å². The van der Waals surface area contributed by atoms with Crippen LogP contribution in [0.15, 0.2) is 0 Å². The zero-order valence-electron chi connectivity index (χ0n) is 11.6. The second-order valence-electron chi connectivity index (χ2n) is 5.39. The molecule has 3 nitrogen and oxygen atoms in total. The quantitative estimate of drug-likeness (QED) is 0.869. The molecule has 0 aliphatic heterocycles. The van der Waals surface area contributed by atoms with Crippen LogP contribution in [-0.4, -0.2) is 22.9 Å². The Morgan fingerprint density at radius 3 is 2.65 bits per heavy atom. The van der Waals surface area contributed by atoms with Gasteiger partial charge >= 0.3 is 0 Å². The second kappa shape index (κ2) is 5.21. The van der Waals surface area contributed by atoms with Crippen molar-refractivity contribution in [2.45, 2.75) is 59.0 Å². The first kappa shape index (κ1) is 12.6. The van der Waals surface area contributed by atoms with E-state index in [2.05, 4.69) is 42.9 Å². The summed E-state index contributed by atoms with van der Waals surface area (Å²) < 4.78 is 2.19. The van der Waals surface area contributed by atoms with Crippen LogP contribution in [0.4, 0.5) is 0 Å². The molecule has 0 saturated heterocycles. The molecule has 1 aromatic rings. The maximum absolute atomic E-state index is 4.62. The van der Waals surface area contributed by atoms with Crippen LogP contribution in [0.5, 0.6) is 0 Å². The minimum Gasteiger partial charge on any atom is -0.317 e. The zero-order chi connectivity index (χ0) is 12.4. The van der Waals surface area contributed by atoms with Gasteiger partial charge in [-0.25, -0.2) is 0 Å². The molecule has 0 aromatic carbocycles. The average molecular weight is 235 g/mol. The highest BCUT2D eigenvalue weighted by molar-refractivity contribution is 5.22. The molecule has 0 radical (unpaired) electrons. The van der Waals surface area contributed by atoms with Crippen molar-refractivity contribution in [2.24, 2.45) is 5.92 Å². The van der Waals surface area contributed by atoms with Gasteiger partial charge in [0.25, 0.3) is 0 Å². The number of aromatic nitrogens is 2. The molecule has 1 aromatic heterocycles. The summed E-state index contributed by atoms with van der Waals surface area (Å²) in [4.78, 5) is 0. The molecular formula is C14H25N3. The van der Waals surface area contributed by atoms with E-state index in [1.807, 2.05) is 0 Å². The van der Waals surface area contributed by atoms with Gasteiger partial charge in [0.15, 0.2) is 0 Å². The van der Waals surface area contributed by atoms with Gasteiger partial charge < -0.3 is 5.32 Å². The van der Waals surface area contributed by atoms with E-state index in [0.717, 1.165) is 18.5 Å². The number of hydrogen-bond acceptors (Lipinski definition) is 2. The lowest BCUT2D eigenvalue weighted by Crippen LogP contribution is -2.29. The van der Waals surface area contributed by atoms with Gasteiger partial charge in [-0.3, -0.25) is 4.68 Å². The lowest BCUT2D eigenvalue weighted by Gasteiger charge is -2.19. The molecule has 1 N–H and O–H groups in total. The molecule has 1 heterocycles. The SMILES string of the molecule is CNC1CCCC1CCn1nc(C)c(C)c1C. The molecule has 1 aliphatic rings. The Morgan fingerprint density at radius 1 is 1.29 bits per heavy atom. The molecule has 17 heavy (non-hydrogen) atoms. The van der Waals surface area contributed by atoms with E-state index in [-0.39, 0.29) is 0 Å². The fourth-order valence-electron chi connectivity index (χ4n) is 3.05. The normalized spacial score (nSPS) is 24.5.